The van der Waals surface area contributed by atoms with Crippen LogP contribution in [0, 0.1) is 0 Å². The molecule has 0 bridgehead atoms. The van der Waals surface area contributed by atoms with Gasteiger partial charge in [0.2, 0.25) is 0 Å². The number of pyridine rings is 1. The molecule has 0 saturated carbocycles. The van der Waals surface area contributed by atoms with E-state index in [9.17, 15) is 4.57 Å². The van der Waals surface area contributed by atoms with Gasteiger partial charge in [-0.3, -0.25) is 4.40 Å². The summed E-state index contributed by atoms with van der Waals surface area (Å²) in [4.78, 5) is 5.19. The summed E-state index contributed by atoms with van der Waals surface area (Å²) in [7, 11) is -3.02. The van der Waals surface area contributed by atoms with Gasteiger partial charge in [0.25, 0.3) is 0 Å². The van der Waals surface area contributed by atoms with Crippen LogP contribution in [0.4, 0.5) is 0 Å². The zero-order valence-electron chi connectivity index (χ0n) is 27.6. The highest BCUT2D eigenvalue weighted by atomic mass is 31.2. The van der Waals surface area contributed by atoms with Crippen LogP contribution in [0.25, 0.3) is 71.4 Å². The van der Waals surface area contributed by atoms with Crippen molar-refractivity contribution in [3.8, 4) is 22.3 Å². The van der Waals surface area contributed by atoms with Crippen LogP contribution in [0.2, 0.25) is 0 Å². The third kappa shape index (κ3) is 4.66. The van der Waals surface area contributed by atoms with Gasteiger partial charge in [0.05, 0.1) is 16.6 Å². The number of imidazole rings is 1. The number of benzene rings is 8. The van der Waals surface area contributed by atoms with Gasteiger partial charge in [-0.15, -0.1) is 0 Å². The van der Waals surface area contributed by atoms with E-state index in [0.717, 1.165) is 60.4 Å². The first kappa shape index (κ1) is 29.6. The Labute approximate surface area is 295 Å². The van der Waals surface area contributed by atoms with Gasteiger partial charge in [-0.2, -0.15) is 0 Å². The van der Waals surface area contributed by atoms with Crippen molar-refractivity contribution in [3.05, 3.63) is 188 Å². The summed E-state index contributed by atoms with van der Waals surface area (Å²) in [5, 5.41) is 8.53. The Kier molecular flexibility index (Phi) is 6.77. The van der Waals surface area contributed by atoms with Gasteiger partial charge in [-0.1, -0.05) is 170 Å². The fourth-order valence-corrected chi connectivity index (χ4v) is 10.4. The molecule has 10 aromatic rings. The molecule has 0 saturated heterocycles. The van der Waals surface area contributed by atoms with Gasteiger partial charge in [0.15, 0.2) is 7.14 Å². The predicted octanol–water partition coefficient (Wildman–Crippen LogP) is 10.9. The van der Waals surface area contributed by atoms with Gasteiger partial charge >= 0.3 is 0 Å². The molecule has 0 N–H and O–H groups in total. The fraction of sp³-hybridized carbons (Fsp3) is 0. The molecule has 2 aromatic heterocycles. The highest BCUT2D eigenvalue weighted by Crippen LogP contribution is 2.43. The Morgan fingerprint density at radius 2 is 0.941 bits per heavy atom. The average Bonchev–Trinajstić information content (AvgIpc) is 3.61. The molecule has 0 spiro atoms. The highest BCUT2D eigenvalue weighted by molar-refractivity contribution is 7.85. The summed E-state index contributed by atoms with van der Waals surface area (Å²) < 4.78 is 17.2. The van der Waals surface area contributed by atoms with Crippen molar-refractivity contribution < 1.29 is 4.57 Å². The summed E-state index contributed by atoms with van der Waals surface area (Å²) in [5.41, 5.74) is 8.70. The molecular formula is C47H31N2OP. The molecule has 0 fully saturated rings. The minimum atomic E-state index is -3.02. The third-order valence-corrected chi connectivity index (χ3v) is 13.3. The van der Waals surface area contributed by atoms with E-state index < -0.39 is 7.14 Å². The molecule has 0 aliphatic rings. The van der Waals surface area contributed by atoms with Crippen LogP contribution < -0.4 is 15.9 Å². The van der Waals surface area contributed by atoms with E-state index in [1.54, 1.807) is 0 Å². The minimum Gasteiger partial charge on any atom is -0.309 e. The Hall–Kier alpha value is -6.28. The Morgan fingerprint density at radius 3 is 1.65 bits per heavy atom. The van der Waals surface area contributed by atoms with E-state index in [0.29, 0.717) is 0 Å². The van der Waals surface area contributed by atoms with Crippen molar-refractivity contribution in [2.45, 2.75) is 0 Å². The molecule has 0 unspecified atom stereocenters. The molecule has 8 aromatic carbocycles. The summed E-state index contributed by atoms with van der Waals surface area (Å²) in [5.74, 6) is 0. The number of hydrogen-bond acceptors (Lipinski definition) is 2. The van der Waals surface area contributed by atoms with Crippen LogP contribution in [0.15, 0.2) is 188 Å². The third-order valence-electron chi connectivity index (χ3n) is 10.3. The second kappa shape index (κ2) is 11.7. The Bertz CT molecular complexity index is 2920. The molecule has 0 aliphatic heterocycles. The van der Waals surface area contributed by atoms with Crippen molar-refractivity contribution >= 4 is 72.2 Å². The van der Waals surface area contributed by atoms with Gasteiger partial charge < -0.3 is 4.57 Å². The van der Waals surface area contributed by atoms with Gasteiger partial charge in [0, 0.05) is 26.7 Å². The van der Waals surface area contributed by atoms with E-state index >= 15 is 0 Å². The molecule has 0 radical (unpaired) electrons. The summed E-state index contributed by atoms with van der Waals surface area (Å²) in [6.07, 6.45) is 0. The van der Waals surface area contributed by atoms with Crippen LogP contribution in [-0.4, -0.2) is 9.38 Å². The Morgan fingerprint density at radius 1 is 0.412 bits per heavy atom. The van der Waals surface area contributed by atoms with E-state index in [1.807, 2.05) is 72.8 Å². The Balaban J connectivity index is 1.06. The minimum absolute atomic E-state index is 0.829. The zero-order chi connectivity index (χ0) is 33.9. The highest BCUT2D eigenvalue weighted by Gasteiger charge is 2.29. The van der Waals surface area contributed by atoms with Gasteiger partial charge in [0.1, 0.15) is 5.65 Å². The molecule has 51 heavy (non-hydrogen) atoms. The number of hydrogen-bond donors (Lipinski definition) is 0. The summed E-state index contributed by atoms with van der Waals surface area (Å²) >= 11 is 0. The van der Waals surface area contributed by atoms with Crippen LogP contribution in [0.3, 0.4) is 0 Å². The number of fused-ring (bicyclic) bond motifs is 10. The second-order valence-electron chi connectivity index (χ2n) is 13.1. The maximum atomic E-state index is 14.8. The number of para-hydroxylation sites is 2. The smallest absolute Gasteiger partial charge is 0.171 e. The molecule has 4 heteroatoms. The molecule has 3 nitrogen and oxygen atoms in total. The molecule has 240 valence electrons. The maximum Gasteiger partial charge on any atom is 0.171 e. The summed E-state index contributed by atoms with van der Waals surface area (Å²) in [6, 6.07) is 64.9. The van der Waals surface area contributed by atoms with Crippen LogP contribution >= 0.6 is 7.14 Å². The summed E-state index contributed by atoms with van der Waals surface area (Å²) in [6.45, 7) is 0. The number of aromatic nitrogens is 2. The molecule has 0 atom stereocenters. The van der Waals surface area contributed by atoms with Crippen LogP contribution in [0.1, 0.15) is 0 Å². The lowest BCUT2D eigenvalue weighted by molar-refractivity contribution is 0.592. The first-order valence-corrected chi connectivity index (χ1v) is 18.9. The first-order chi connectivity index (χ1) is 25.2. The van der Waals surface area contributed by atoms with E-state index in [-0.39, 0.29) is 0 Å². The normalized spacial score (nSPS) is 12.0. The standard InChI is InChI=1S/C47H31N2OP/c50-51(37-12-3-1-4-13-37,38-14-5-2-6-15-38)39-27-23-33(24-28-39)32-19-21-34(22-20-32)36-26-29-41-42-30-25-35-11-7-8-16-40(35)46(42)47-48-43-17-9-10-18-44(43)49(47)45(41)31-36/h1-31H. The molecule has 10 rings (SSSR count). The number of rotatable bonds is 5. The topological polar surface area (TPSA) is 34.4 Å². The quantitative estimate of drug-likeness (QED) is 0.135. The SMILES string of the molecule is O=P(c1ccccc1)(c1ccccc1)c1ccc(-c2ccc(-c3ccc4c5ccc6ccccc6c5c5nc6ccccc6n5c4c3)cc2)cc1. The molecule has 0 aliphatic carbocycles. The molecule has 0 amide bonds. The second-order valence-corrected chi connectivity index (χ2v) is 15.9. The molecule has 2 heterocycles. The average molecular weight is 671 g/mol. The van der Waals surface area contributed by atoms with E-state index in [2.05, 4.69) is 120 Å². The van der Waals surface area contributed by atoms with Crippen molar-refractivity contribution in [2.75, 3.05) is 0 Å². The monoisotopic (exact) mass is 670 g/mol. The van der Waals surface area contributed by atoms with Crippen molar-refractivity contribution in [1.82, 2.24) is 9.38 Å². The zero-order valence-corrected chi connectivity index (χ0v) is 28.5. The predicted molar refractivity (Wildman–Crippen MR) is 215 cm³/mol. The van der Waals surface area contributed by atoms with Crippen molar-refractivity contribution in [1.29, 1.82) is 0 Å². The van der Waals surface area contributed by atoms with Crippen LogP contribution in [0.5, 0.6) is 0 Å². The lowest BCUT2D eigenvalue weighted by Gasteiger charge is -2.20. The van der Waals surface area contributed by atoms with Crippen molar-refractivity contribution in [3.63, 3.8) is 0 Å². The maximum absolute atomic E-state index is 14.8. The largest absolute Gasteiger partial charge is 0.309 e. The lowest BCUT2D eigenvalue weighted by atomic mass is 9.96. The molecular weight excluding hydrogens is 640 g/mol. The van der Waals surface area contributed by atoms with Crippen molar-refractivity contribution in [2.24, 2.45) is 0 Å². The van der Waals surface area contributed by atoms with Gasteiger partial charge in [-0.05, 0) is 56.6 Å². The number of nitrogens with zero attached hydrogens (tertiary/aromatic N) is 2. The van der Waals surface area contributed by atoms with Gasteiger partial charge in [-0.25, -0.2) is 4.98 Å². The van der Waals surface area contributed by atoms with Crippen LogP contribution in [-0.2, 0) is 4.57 Å². The van der Waals surface area contributed by atoms with E-state index in [1.165, 1.54) is 26.9 Å². The lowest BCUT2D eigenvalue weighted by Crippen LogP contribution is -2.24. The van der Waals surface area contributed by atoms with E-state index in [4.69, 9.17) is 4.98 Å². The fourth-order valence-electron chi connectivity index (χ4n) is 7.74. The first-order valence-electron chi connectivity index (χ1n) is 17.2.